The quantitative estimate of drug-likeness (QED) is 0.432. The van der Waals surface area contributed by atoms with E-state index in [0.717, 1.165) is 59.6 Å². The highest BCUT2D eigenvalue weighted by Gasteiger charge is 2.30. The molecule has 2 fully saturated rings. The molecule has 1 aromatic heterocycles. The number of benzene rings is 1. The van der Waals surface area contributed by atoms with Crippen molar-refractivity contribution in [2.75, 3.05) is 7.05 Å². The number of amides is 2. The maximum absolute atomic E-state index is 12.7. The van der Waals surface area contributed by atoms with Crippen LogP contribution in [0.5, 0.6) is 5.75 Å². The lowest BCUT2D eigenvalue weighted by Gasteiger charge is -2.29. The second-order valence-corrected chi connectivity index (χ2v) is 11.2. The minimum atomic E-state index is -0.108. The zero-order valence-electron chi connectivity index (χ0n) is 21.9. The van der Waals surface area contributed by atoms with Gasteiger partial charge < -0.3 is 19.7 Å². The van der Waals surface area contributed by atoms with Crippen LogP contribution in [0.3, 0.4) is 0 Å². The molecule has 2 amide bonds. The van der Waals surface area contributed by atoms with Gasteiger partial charge >= 0.3 is 12.0 Å². The second-order valence-electron chi connectivity index (χ2n) is 10.4. The van der Waals surface area contributed by atoms with E-state index < -0.39 is 0 Å². The van der Waals surface area contributed by atoms with Crippen LogP contribution in [0, 0.1) is 12.8 Å². The van der Waals surface area contributed by atoms with E-state index in [9.17, 15) is 9.59 Å². The number of carbonyl (C=O) groups is 2. The first kappa shape index (κ1) is 26.5. The molecule has 0 saturated heterocycles. The van der Waals surface area contributed by atoms with Crippen LogP contribution in [0.2, 0.25) is 0 Å². The fourth-order valence-electron chi connectivity index (χ4n) is 5.24. The molecule has 0 bridgehead atoms. The highest BCUT2D eigenvalue weighted by atomic mass is 32.1. The number of hydrogen-bond donors (Lipinski definition) is 1. The smallest absolute Gasteiger partial charge is 0.317 e. The standard InChI is InChI=1S/C28H39N3O4S/c1-18(2)34-27(32)21-8-7-11-24(16-21)35-23-14-12-20(13-15-23)26-25(19(3)30-36-26)17-29-28(33)31(4)22-9-5-6-10-22/h12-15,18,21-22,24H,5-11,16-17H2,1-4H3,(H,29,33)/t21-,24-/m0/s1. The van der Waals surface area contributed by atoms with Gasteiger partial charge in [-0.1, -0.05) is 12.8 Å². The van der Waals surface area contributed by atoms with Crippen molar-refractivity contribution in [1.82, 2.24) is 14.6 Å². The van der Waals surface area contributed by atoms with Crippen molar-refractivity contribution < 1.29 is 19.1 Å². The zero-order valence-corrected chi connectivity index (χ0v) is 22.7. The summed E-state index contributed by atoms with van der Waals surface area (Å²) < 4.78 is 16.2. The summed E-state index contributed by atoms with van der Waals surface area (Å²) in [6.45, 7) is 6.22. The molecule has 36 heavy (non-hydrogen) atoms. The van der Waals surface area contributed by atoms with Crippen molar-refractivity contribution in [3.8, 4) is 16.2 Å². The summed E-state index contributed by atoms with van der Waals surface area (Å²) in [5, 5.41) is 3.09. The molecule has 8 heteroatoms. The third kappa shape index (κ3) is 6.58. The lowest BCUT2D eigenvalue weighted by atomic mass is 9.87. The van der Waals surface area contributed by atoms with Crippen LogP contribution in [-0.4, -0.2) is 46.6 Å². The Kier molecular flexibility index (Phi) is 8.88. The van der Waals surface area contributed by atoms with Gasteiger partial charge in [0, 0.05) is 25.2 Å². The monoisotopic (exact) mass is 513 g/mol. The normalized spacial score (nSPS) is 20.4. The lowest BCUT2D eigenvalue weighted by molar-refractivity contribution is -0.154. The van der Waals surface area contributed by atoms with E-state index in [1.165, 1.54) is 24.4 Å². The van der Waals surface area contributed by atoms with E-state index in [1.807, 2.05) is 57.0 Å². The van der Waals surface area contributed by atoms with Crippen LogP contribution in [0.4, 0.5) is 4.79 Å². The molecule has 4 rings (SSSR count). The van der Waals surface area contributed by atoms with Crippen LogP contribution >= 0.6 is 11.5 Å². The van der Waals surface area contributed by atoms with Crippen LogP contribution in [0.15, 0.2) is 24.3 Å². The molecule has 2 aromatic rings. The average molecular weight is 514 g/mol. The van der Waals surface area contributed by atoms with Gasteiger partial charge in [-0.05, 0) is 101 Å². The Labute approximate surface area is 218 Å². The van der Waals surface area contributed by atoms with Crippen LogP contribution in [0.25, 0.3) is 10.4 Å². The third-order valence-electron chi connectivity index (χ3n) is 7.32. The first-order chi connectivity index (χ1) is 17.3. The van der Waals surface area contributed by atoms with Gasteiger partial charge in [-0.3, -0.25) is 4.79 Å². The van der Waals surface area contributed by atoms with Gasteiger partial charge in [-0.2, -0.15) is 4.37 Å². The summed E-state index contributed by atoms with van der Waals surface area (Å²) in [5.74, 6) is 0.607. The largest absolute Gasteiger partial charge is 0.490 e. The van der Waals surface area contributed by atoms with Gasteiger partial charge in [-0.15, -0.1) is 0 Å². The molecule has 0 unspecified atom stereocenters. The summed E-state index contributed by atoms with van der Waals surface area (Å²) in [5.41, 5.74) is 3.06. The van der Waals surface area contributed by atoms with E-state index in [-0.39, 0.29) is 30.1 Å². The Morgan fingerprint density at radius 1 is 1.11 bits per heavy atom. The number of esters is 1. The highest BCUT2D eigenvalue weighted by Crippen LogP contribution is 2.33. The zero-order chi connectivity index (χ0) is 25.7. The Hall–Kier alpha value is -2.61. The number of aromatic nitrogens is 1. The number of aryl methyl sites for hydroxylation is 1. The average Bonchev–Trinajstić information content (AvgIpc) is 3.52. The molecule has 0 spiro atoms. The van der Waals surface area contributed by atoms with E-state index in [1.54, 1.807) is 0 Å². The SMILES string of the molecule is Cc1nsc(-c2ccc(O[C@H]3CCC[C@H](C(=O)OC(C)C)C3)cc2)c1CNC(=O)N(C)C1CCCC1. The van der Waals surface area contributed by atoms with Crippen molar-refractivity contribution >= 4 is 23.5 Å². The highest BCUT2D eigenvalue weighted by molar-refractivity contribution is 7.09. The molecule has 0 radical (unpaired) electrons. The van der Waals surface area contributed by atoms with E-state index in [2.05, 4.69) is 9.69 Å². The molecule has 2 aliphatic carbocycles. The van der Waals surface area contributed by atoms with Gasteiger partial charge in [0.2, 0.25) is 0 Å². The number of carbonyl (C=O) groups excluding carboxylic acids is 2. The number of nitrogens with zero attached hydrogens (tertiary/aromatic N) is 2. The molecule has 2 atom stereocenters. The van der Waals surface area contributed by atoms with E-state index in [0.29, 0.717) is 19.0 Å². The molecule has 2 saturated carbocycles. The first-order valence-electron chi connectivity index (χ1n) is 13.2. The first-order valence-corrected chi connectivity index (χ1v) is 14.0. The Balaban J connectivity index is 1.35. The lowest BCUT2D eigenvalue weighted by Crippen LogP contribution is -2.42. The summed E-state index contributed by atoms with van der Waals surface area (Å²) in [7, 11) is 1.89. The number of nitrogens with one attached hydrogen (secondary N) is 1. The fraction of sp³-hybridized carbons (Fsp3) is 0.607. The molecule has 0 aliphatic heterocycles. The summed E-state index contributed by atoms with van der Waals surface area (Å²) in [4.78, 5) is 27.9. The number of hydrogen-bond acceptors (Lipinski definition) is 6. The minimum Gasteiger partial charge on any atom is -0.490 e. The molecular formula is C28H39N3O4S. The Bertz CT molecular complexity index is 1030. The van der Waals surface area contributed by atoms with E-state index in [4.69, 9.17) is 9.47 Å². The van der Waals surface area contributed by atoms with Gasteiger partial charge in [0.15, 0.2) is 0 Å². The Morgan fingerprint density at radius 2 is 1.83 bits per heavy atom. The molecule has 7 nitrogen and oxygen atoms in total. The predicted octanol–water partition coefficient (Wildman–Crippen LogP) is 6.09. The summed E-state index contributed by atoms with van der Waals surface area (Å²) in [6, 6.07) is 8.38. The van der Waals surface area contributed by atoms with Crippen molar-refractivity contribution in [2.45, 2.75) is 96.9 Å². The summed E-state index contributed by atoms with van der Waals surface area (Å²) in [6.07, 6.45) is 7.98. The topological polar surface area (TPSA) is 80.8 Å². The van der Waals surface area contributed by atoms with Gasteiger partial charge in [0.25, 0.3) is 0 Å². The molecule has 2 aliphatic rings. The molecule has 1 N–H and O–H groups in total. The third-order valence-corrected chi connectivity index (χ3v) is 8.35. The molecule has 196 valence electrons. The second kappa shape index (κ2) is 12.1. The van der Waals surface area contributed by atoms with Gasteiger partial charge in [0.1, 0.15) is 5.75 Å². The maximum atomic E-state index is 12.7. The molecule has 1 aromatic carbocycles. The summed E-state index contributed by atoms with van der Waals surface area (Å²) >= 11 is 1.46. The van der Waals surface area contributed by atoms with Gasteiger partial charge in [0.05, 0.1) is 28.7 Å². The van der Waals surface area contributed by atoms with E-state index >= 15 is 0 Å². The van der Waals surface area contributed by atoms with Crippen LogP contribution < -0.4 is 10.1 Å². The molecular weight excluding hydrogens is 474 g/mol. The van der Waals surface area contributed by atoms with Crippen molar-refractivity contribution in [3.63, 3.8) is 0 Å². The van der Waals surface area contributed by atoms with Crippen molar-refractivity contribution in [1.29, 1.82) is 0 Å². The van der Waals surface area contributed by atoms with Crippen molar-refractivity contribution in [3.05, 3.63) is 35.5 Å². The predicted molar refractivity (Wildman–Crippen MR) is 142 cm³/mol. The number of rotatable bonds is 8. The van der Waals surface area contributed by atoms with Crippen LogP contribution in [-0.2, 0) is 16.1 Å². The number of urea groups is 1. The van der Waals surface area contributed by atoms with Crippen molar-refractivity contribution in [2.24, 2.45) is 5.92 Å². The number of ether oxygens (including phenoxy) is 2. The minimum absolute atomic E-state index is 0.0163. The fourth-order valence-corrected chi connectivity index (χ4v) is 6.15. The Morgan fingerprint density at radius 3 is 2.53 bits per heavy atom. The maximum Gasteiger partial charge on any atom is 0.317 e. The van der Waals surface area contributed by atoms with Gasteiger partial charge in [-0.25, -0.2) is 4.79 Å². The van der Waals surface area contributed by atoms with Crippen LogP contribution in [0.1, 0.15) is 76.5 Å². The molecule has 1 heterocycles.